The monoisotopic (exact) mass is 318 g/mol. The van der Waals surface area contributed by atoms with E-state index in [0.717, 1.165) is 17.7 Å². The van der Waals surface area contributed by atoms with Crippen LogP contribution in [0.2, 0.25) is 0 Å². The van der Waals surface area contributed by atoms with Gasteiger partial charge < -0.3 is 20.4 Å². The molecule has 0 fully saturated rings. The van der Waals surface area contributed by atoms with Crippen molar-refractivity contribution in [1.82, 2.24) is 15.5 Å². The van der Waals surface area contributed by atoms with Crippen molar-refractivity contribution in [3.8, 4) is 0 Å². The number of hydrogen-bond donors (Lipinski definition) is 2. The van der Waals surface area contributed by atoms with Crippen LogP contribution in [0.1, 0.15) is 12.5 Å². The molecule has 0 bridgehead atoms. The average molecular weight is 318 g/mol. The molecule has 0 radical (unpaired) electrons. The number of hydrogen-bond acceptors (Lipinski definition) is 3. The van der Waals surface area contributed by atoms with Crippen LogP contribution in [0, 0.1) is 0 Å². The van der Waals surface area contributed by atoms with Gasteiger partial charge in [-0.3, -0.25) is 9.59 Å². The van der Waals surface area contributed by atoms with Gasteiger partial charge in [-0.2, -0.15) is 0 Å². The summed E-state index contributed by atoms with van der Waals surface area (Å²) < 4.78 is 0. The Morgan fingerprint density at radius 1 is 1.26 bits per heavy atom. The number of para-hydroxylation sites is 1. The van der Waals surface area contributed by atoms with Crippen LogP contribution in [0.3, 0.4) is 0 Å². The van der Waals surface area contributed by atoms with Crippen molar-refractivity contribution >= 4 is 23.5 Å². The Hall–Kier alpha value is -2.57. The van der Waals surface area contributed by atoms with Gasteiger partial charge in [-0.15, -0.1) is 0 Å². The zero-order valence-electron chi connectivity index (χ0n) is 13.6. The predicted molar refractivity (Wildman–Crippen MR) is 87.2 cm³/mol. The van der Waals surface area contributed by atoms with Gasteiger partial charge in [0, 0.05) is 26.3 Å². The molecule has 2 rings (SSSR count). The summed E-state index contributed by atoms with van der Waals surface area (Å²) in [7, 11) is 3.24. The molecule has 1 heterocycles. The SMILES string of the molecule is CC(NC(=O)NCC(=O)N1CCc2ccccc21)C(=O)N(C)C. The first-order chi connectivity index (χ1) is 10.9. The molecule has 7 heteroatoms. The number of anilines is 1. The number of nitrogens with one attached hydrogen (secondary N) is 2. The quantitative estimate of drug-likeness (QED) is 0.840. The Morgan fingerprint density at radius 2 is 1.96 bits per heavy atom. The van der Waals surface area contributed by atoms with Crippen LogP contribution in [-0.2, 0) is 16.0 Å². The summed E-state index contributed by atoms with van der Waals surface area (Å²) in [6, 6.07) is 6.55. The highest BCUT2D eigenvalue weighted by molar-refractivity contribution is 5.98. The maximum atomic E-state index is 12.2. The van der Waals surface area contributed by atoms with E-state index in [0.29, 0.717) is 6.54 Å². The highest BCUT2D eigenvalue weighted by Crippen LogP contribution is 2.27. The van der Waals surface area contributed by atoms with Gasteiger partial charge in [0.2, 0.25) is 11.8 Å². The molecule has 23 heavy (non-hydrogen) atoms. The molecule has 0 saturated heterocycles. The zero-order chi connectivity index (χ0) is 17.0. The van der Waals surface area contributed by atoms with Crippen molar-refractivity contribution in [2.45, 2.75) is 19.4 Å². The standard InChI is InChI=1S/C16H22N4O3/c1-11(15(22)19(2)3)18-16(23)17-10-14(21)20-9-8-12-6-4-5-7-13(12)20/h4-7,11H,8-10H2,1-3H3,(H2,17,18,23). The van der Waals surface area contributed by atoms with E-state index in [2.05, 4.69) is 10.6 Å². The van der Waals surface area contributed by atoms with Crippen LogP contribution in [0.5, 0.6) is 0 Å². The number of rotatable bonds is 4. The van der Waals surface area contributed by atoms with Gasteiger partial charge in [0.25, 0.3) is 0 Å². The molecule has 7 nitrogen and oxygen atoms in total. The number of amides is 4. The maximum Gasteiger partial charge on any atom is 0.315 e. The fourth-order valence-electron chi connectivity index (χ4n) is 2.55. The predicted octanol–water partition coefficient (Wildman–Crippen LogP) is 0.352. The Bertz CT molecular complexity index is 615. The topological polar surface area (TPSA) is 81.8 Å². The molecule has 0 aliphatic carbocycles. The van der Waals surface area contributed by atoms with E-state index in [1.807, 2.05) is 24.3 Å². The van der Waals surface area contributed by atoms with Gasteiger partial charge in [-0.25, -0.2) is 4.79 Å². The summed E-state index contributed by atoms with van der Waals surface area (Å²) in [6.45, 7) is 2.11. The van der Waals surface area contributed by atoms with Gasteiger partial charge in [0.05, 0.1) is 6.54 Å². The van der Waals surface area contributed by atoms with Gasteiger partial charge in [-0.05, 0) is 25.0 Å². The second-order valence-electron chi connectivity index (χ2n) is 5.71. The molecule has 1 aromatic rings. The number of carbonyl (C=O) groups is 3. The summed E-state index contributed by atoms with van der Waals surface area (Å²) in [5.74, 6) is -0.378. The number of carbonyl (C=O) groups excluding carboxylic acids is 3. The summed E-state index contributed by atoms with van der Waals surface area (Å²) in [5.41, 5.74) is 2.03. The number of benzene rings is 1. The Balaban J connectivity index is 1.83. The van der Waals surface area contributed by atoms with E-state index in [9.17, 15) is 14.4 Å². The average Bonchev–Trinajstić information content (AvgIpc) is 2.95. The van der Waals surface area contributed by atoms with Crippen molar-refractivity contribution in [2.24, 2.45) is 0 Å². The molecular weight excluding hydrogens is 296 g/mol. The summed E-state index contributed by atoms with van der Waals surface area (Å²) >= 11 is 0. The third-order valence-electron chi connectivity index (χ3n) is 3.75. The van der Waals surface area contributed by atoms with E-state index in [4.69, 9.17) is 0 Å². The fourth-order valence-corrected chi connectivity index (χ4v) is 2.55. The van der Waals surface area contributed by atoms with E-state index >= 15 is 0 Å². The van der Waals surface area contributed by atoms with Crippen molar-refractivity contribution in [3.05, 3.63) is 29.8 Å². The lowest BCUT2D eigenvalue weighted by Gasteiger charge is -2.20. The minimum Gasteiger partial charge on any atom is -0.347 e. The molecule has 4 amide bonds. The first-order valence-corrected chi connectivity index (χ1v) is 7.54. The van der Waals surface area contributed by atoms with Crippen LogP contribution < -0.4 is 15.5 Å². The van der Waals surface area contributed by atoms with E-state index in [-0.39, 0.29) is 18.4 Å². The number of urea groups is 1. The normalized spacial score (nSPS) is 14.0. The van der Waals surface area contributed by atoms with Gasteiger partial charge in [0.1, 0.15) is 6.04 Å². The number of likely N-dealkylation sites (N-methyl/N-ethyl adjacent to an activating group) is 1. The highest BCUT2D eigenvalue weighted by Gasteiger charge is 2.24. The van der Waals surface area contributed by atoms with Crippen LogP contribution in [0.25, 0.3) is 0 Å². The third-order valence-corrected chi connectivity index (χ3v) is 3.75. The lowest BCUT2D eigenvalue weighted by molar-refractivity contribution is -0.130. The van der Waals surface area contributed by atoms with Crippen molar-refractivity contribution < 1.29 is 14.4 Å². The Kier molecular flexibility index (Phi) is 5.20. The largest absolute Gasteiger partial charge is 0.347 e. The molecule has 0 saturated carbocycles. The van der Waals surface area contributed by atoms with E-state index in [1.54, 1.807) is 25.9 Å². The molecular formula is C16H22N4O3. The molecule has 1 atom stereocenters. The van der Waals surface area contributed by atoms with E-state index < -0.39 is 12.1 Å². The highest BCUT2D eigenvalue weighted by atomic mass is 16.2. The molecule has 1 aliphatic heterocycles. The third kappa shape index (κ3) is 4.00. The molecule has 0 spiro atoms. The van der Waals surface area contributed by atoms with Crippen LogP contribution in [0.4, 0.5) is 10.5 Å². The second-order valence-corrected chi connectivity index (χ2v) is 5.71. The smallest absolute Gasteiger partial charge is 0.315 e. The first-order valence-electron chi connectivity index (χ1n) is 7.54. The first kappa shape index (κ1) is 16.8. The molecule has 1 aliphatic rings. The molecule has 1 unspecified atom stereocenters. The van der Waals surface area contributed by atoms with E-state index in [1.165, 1.54) is 4.90 Å². The van der Waals surface area contributed by atoms with Crippen molar-refractivity contribution in [1.29, 1.82) is 0 Å². The maximum absolute atomic E-state index is 12.2. The minimum atomic E-state index is -0.646. The lowest BCUT2D eigenvalue weighted by atomic mass is 10.2. The summed E-state index contributed by atoms with van der Waals surface area (Å²) in [4.78, 5) is 38.8. The molecule has 2 N–H and O–H groups in total. The van der Waals surface area contributed by atoms with Crippen molar-refractivity contribution in [2.75, 3.05) is 32.1 Å². The summed E-state index contributed by atoms with van der Waals surface area (Å²) in [5, 5.41) is 5.02. The molecule has 1 aromatic carbocycles. The van der Waals surface area contributed by atoms with Crippen LogP contribution in [-0.4, -0.2) is 56.0 Å². The molecule has 0 aromatic heterocycles. The minimum absolute atomic E-state index is 0.108. The lowest BCUT2D eigenvalue weighted by Crippen LogP contribution is -2.50. The summed E-state index contributed by atoms with van der Waals surface area (Å²) in [6.07, 6.45) is 0.822. The number of nitrogens with zero attached hydrogens (tertiary/aromatic N) is 2. The Labute approximate surface area is 135 Å². The Morgan fingerprint density at radius 3 is 2.65 bits per heavy atom. The zero-order valence-corrected chi connectivity index (χ0v) is 13.6. The van der Waals surface area contributed by atoms with Gasteiger partial charge in [-0.1, -0.05) is 18.2 Å². The number of fused-ring (bicyclic) bond motifs is 1. The fraction of sp³-hybridized carbons (Fsp3) is 0.438. The van der Waals surface area contributed by atoms with Crippen LogP contribution in [0.15, 0.2) is 24.3 Å². The van der Waals surface area contributed by atoms with Gasteiger partial charge >= 0.3 is 6.03 Å². The van der Waals surface area contributed by atoms with Crippen LogP contribution >= 0.6 is 0 Å². The second kappa shape index (κ2) is 7.13. The van der Waals surface area contributed by atoms with Gasteiger partial charge in [0.15, 0.2) is 0 Å². The molecule has 124 valence electrons. The van der Waals surface area contributed by atoms with Crippen molar-refractivity contribution in [3.63, 3.8) is 0 Å².